The van der Waals surface area contributed by atoms with Gasteiger partial charge in [0.15, 0.2) is 0 Å². The summed E-state index contributed by atoms with van der Waals surface area (Å²) >= 11 is 0. The van der Waals surface area contributed by atoms with E-state index in [1.54, 1.807) is 0 Å². The molecule has 2 aliphatic rings. The monoisotopic (exact) mass is 212 g/mol. The van der Waals surface area contributed by atoms with Gasteiger partial charge in [-0.1, -0.05) is 13.8 Å². The van der Waals surface area contributed by atoms with Crippen molar-refractivity contribution in [2.45, 2.75) is 38.7 Å². The zero-order valence-corrected chi connectivity index (χ0v) is 10.00. The maximum absolute atomic E-state index is 10.4. The second-order valence-electron chi connectivity index (χ2n) is 6.21. The summed E-state index contributed by atoms with van der Waals surface area (Å²) in [6.07, 6.45) is 3.55. The van der Waals surface area contributed by atoms with E-state index in [-0.39, 0.29) is 0 Å². The van der Waals surface area contributed by atoms with Crippen LogP contribution in [0.15, 0.2) is 0 Å². The van der Waals surface area contributed by atoms with Crippen LogP contribution >= 0.6 is 0 Å². The molecular weight excluding hydrogens is 188 g/mol. The summed E-state index contributed by atoms with van der Waals surface area (Å²) in [6, 6.07) is 0. The average molecular weight is 212 g/mol. The number of nitrogens with zero attached hydrogens (tertiary/aromatic N) is 1. The molecule has 0 spiro atoms. The molecule has 1 heterocycles. The van der Waals surface area contributed by atoms with E-state index < -0.39 is 5.60 Å². The molecule has 1 aliphatic carbocycles. The first-order valence-electron chi connectivity index (χ1n) is 6.10. The smallest absolute Gasteiger partial charge is 0.0923 e. The highest BCUT2D eigenvalue weighted by molar-refractivity contribution is 4.99. The fraction of sp³-hybridized carbons (Fsp3) is 1.00. The lowest BCUT2D eigenvalue weighted by molar-refractivity contribution is -0.00452. The quantitative estimate of drug-likeness (QED) is 0.725. The van der Waals surface area contributed by atoms with Crippen molar-refractivity contribution in [2.75, 3.05) is 26.2 Å². The Labute approximate surface area is 92.6 Å². The number of aliphatic hydroxyl groups is 1. The highest BCUT2D eigenvalue weighted by Crippen LogP contribution is 2.40. The molecule has 0 radical (unpaired) electrons. The molecule has 1 atom stereocenters. The van der Waals surface area contributed by atoms with Gasteiger partial charge >= 0.3 is 0 Å². The van der Waals surface area contributed by atoms with Gasteiger partial charge in [0.05, 0.1) is 5.60 Å². The van der Waals surface area contributed by atoms with Crippen LogP contribution in [0.5, 0.6) is 0 Å². The summed E-state index contributed by atoms with van der Waals surface area (Å²) in [6.45, 7) is 7.99. The molecule has 1 unspecified atom stereocenters. The van der Waals surface area contributed by atoms with Gasteiger partial charge in [-0.05, 0) is 37.1 Å². The van der Waals surface area contributed by atoms with Crippen LogP contribution in [0, 0.1) is 11.3 Å². The third-order valence-corrected chi connectivity index (χ3v) is 3.94. The van der Waals surface area contributed by atoms with E-state index >= 15 is 0 Å². The van der Waals surface area contributed by atoms with Crippen molar-refractivity contribution >= 4 is 0 Å². The van der Waals surface area contributed by atoms with E-state index in [9.17, 15) is 5.11 Å². The van der Waals surface area contributed by atoms with Gasteiger partial charge in [0.1, 0.15) is 0 Å². The molecule has 0 amide bonds. The first-order valence-corrected chi connectivity index (χ1v) is 6.10. The maximum atomic E-state index is 10.4. The lowest BCUT2D eigenvalue weighted by Crippen LogP contribution is -2.49. The third kappa shape index (κ3) is 2.52. The van der Waals surface area contributed by atoms with E-state index in [1.165, 1.54) is 6.42 Å². The number of β-amino-alcohol motifs (C(OH)–C–C–N with tert-alkyl or cyclic N) is 1. The first kappa shape index (κ1) is 11.4. The van der Waals surface area contributed by atoms with E-state index in [2.05, 4.69) is 18.7 Å². The second kappa shape index (κ2) is 3.72. The van der Waals surface area contributed by atoms with Gasteiger partial charge in [-0.3, -0.25) is 4.90 Å². The van der Waals surface area contributed by atoms with Crippen molar-refractivity contribution in [1.29, 1.82) is 0 Å². The third-order valence-electron chi connectivity index (χ3n) is 3.94. The molecule has 88 valence electrons. The SMILES string of the molecule is CC1(C)CCN(CC(O)(CN)C2CC2)C1. The van der Waals surface area contributed by atoms with Crippen molar-refractivity contribution in [2.24, 2.45) is 17.1 Å². The summed E-state index contributed by atoms with van der Waals surface area (Å²) in [5, 5.41) is 10.4. The molecule has 3 nitrogen and oxygen atoms in total. The fourth-order valence-electron chi connectivity index (χ4n) is 2.73. The fourth-order valence-corrected chi connectivity index (χ4v) is 2.73. The van der Waals surface area contributed by atoms with Crippen LogP contribution in [0.3, 0.4) is 0 Å². The Kier molecular flexibility index (Phi) is 2.82. The molecule has 1 saturated carbocycles. The van der Waals surface area contributed by atoms with Crippen LogP contribution in [0.2, 0.25) is 0 Å². The van der Waals surface area contributed by atoms with Crippen molar-refractivity contribution in [1.82, 2.24) is 4.90 Å². The number of likely N-dealkylation sites (tertiary alicyclic amines) is 1. The Bertz CT molecular complexity index is 238. The maximum Gasteiger partial charge on any atom is 0.0923 e. The predicted molar refractivity (Wildman–Crippen MR) is 61.6 cm³/mol. The van der Waals surface area contributed by atoms with Gasteiger partial charge in [-0.15, -0.1) is 0 Å². The molecule has 0 aromatic carbocycles. The number of hydrogen-bond acceptors (Lipinski definition) is 3. The summed E-state index contributed by atoms with van der Waals surface area (Å²) < 4.78 is 0. The van der Waals surface area contributed by atoms with Crippen LogP contribution < -0.4 is 5.73 Å². The molecule has 0 aromatic rings. The van der Waals surface area contributed by atoms with Crippen molar-refractivity contribution in [3.63, 3.8) is 0 Å². The normalized spacial score (nSPS) is 30.4. The number of hydrogen-bond donors (Lipinski definition) is 2. The molecule has 2 rings (SSSR count). The van der Waals surface area contributed by atoms with Crippen LogP contribution in [-0.2, 0) is 0 Å². The summed E-state index contributed by atoms with van der Waals surface area (Å²) in [7, 11) is 0. The van der Waals surface area contributed by atoms with Crippen LogP contribution in [0.25, 0.3) is 0 Å². The summed E-state index contributed by atoms with van der Waals surface area (Å²) in [5.74, 6) is 0.464. The van der Waals surface area contributed by atoms with Gasteiger partial charge < -0.3 is 10.8 Å². The van der Waals surface area contributed by atoms with Crippen LogP contribution in [0.4, 0.5) is 0 Å². The van der Waals surface area contributed by atoms with E-state index in [0.29, 0.717) is 17.9 Å². The van der Waals surface area contributed by atoms with Crippen molar-refractivity contribution in [3.8, 4) is 0 Å². The molecule has 3 heteroatoms. The zero-order valence-electron chi connectivity index (χ0n) is 10.00. The molecule has 2 fully saturated rings. The Morgan fingerprint density at radius 1 is 1.47 bits per heavy atom. The van der Waals surface area contributed by atoms with E-state index in [4.69, 9.17) is 5.73 Å². The minimum absolute atomic E-state index is 0.411. The highest BCUT2D eigenvalue weighted by atomic mass is 16.3. The van der Waals surface area contributed by atoms with Gasteiger partial charge in [0, 0.05) is 19.6 Å². The Morgan fingerprint density at radius 2 is 2.13 bits per heavy atom. The minimum atomic E-state index is -0.611. The van der Waals surface area contributed by atoms with Crippen molar-refractivity contribution in [3.05, 3.63) is 0 Å². The summed E-state index contributed by atoms with van der Waals surface area (Å²) in [4.78, 5) is 2.38. The topological polar surface area (TPSA) is 49.5 Å². The van der Waals surface area contributed by atoms with Gasteiger partial charge in [-0.25, -0.2) is 0 Å². The molecular formula is C12H24N2O. The van der Waals surface area contributed by atoms with Gasteiger partial charge in [0.25, 0.3) is 0 Å². The standard InChI is InChI=1S/C12H24N2O/c1-11(2)5-6-14(8-11)9-12(15,7-13)10-3-4-10/h10,15H,3-9,13H2,1-2H3. The highest BCUT2D eigenvalue weighted by Gasteiger charge is 2.45. The van der Waals surface area contributed by atoms with Crippen molar-refractivity contribution < 1.29 is 5.11 Å². The van der Waals surface area contributed by atoms with E-state index in [0.717, 1.165) is 32.5 Å². The lowest BCUT2D eigenvalue weighted by atomic mass is 9.93. The molecule has 15 heavy (non-hydrogen) atoms. The second-order valence-corrected chi connectivity index (χ2v) is 6.21. The average Bonchev–Trinajstić information content (AvgIpc) is 2.93. The minimum Gasteiger partial charge on any atom is -0.387 e. The van der Waals surface area contributed by atoms with Gasteiger partial charge in [0.2, 0.25) is 0 Å². The molecule has 1 aliphatic heterocycles. The lowest BCUT2D eigenvalue weighted by Gasteiger charge is -2.32. The zero-order chi connectivity index (χ0) is 11.1. The Morgan fingerprint density at radius 3 is 2.53 bits per heavy atom. The molecule has 0 bridgehead atoms. The van der Waals surface area contributed by atoms with Crippen LogP contribution in [-0.4, -0.2) is 41.8 Å². The Balaban J connectivity index is 1.90. The number of rotatable bonds is 4. The number of nitrogens with two attached hydrogens (primary N) is 1. The largest absolute Gasteiger partial charge is 0.387 e. The molecule has 3 N–H and O–H groups in total. The van der Waals surface area contributed by atoms with Crippen LogP contribution in [0.1, 0.15) is 33.1 Å². The van der Waals surface area contributed by atoms with E-state index in [1.807, 2.05) is 0 Å². The Hall–Kier alpha value is -0.120. The molecule has 0 aromatic heterocycles. The first-order chi connectivity index (χ1) is 6.95. The predicted octanol–water partition coefficient (Wildman–Crippen LogP) is 0.818. The molecule has 1 saturated heterocycles. The van der Waals surface area contributed by atoms with Gasteiger partial charge in [-0.2, -0.15) is 0 Å². The summed E-state index contributed by atoms with van der Waals surface area (Å²) in [5.41, 5.74) is 5.52.